The number of methoxy groups -OCH3 is 1. The van der Waals surface area contributed by atoms with E-state index in [4.69, 9.17) is 13.6 Å². The Morgan fingerprint density at radius 3 is 2.29 bits per heavy atom. The Hall–Kier alpha value is -0.720. The molecule has 0 amide bonds. The van der Waals surface area contributed by atoms with Crippen molar-refractivity contribution in [2.75, 3.05) is 20.3 Å². The minimum atomic E-state index is -3.55. The standard InChI is InChI=1S/C13H18BrO6P/c1-4-18-21(16,19-5-2)20-9-11-7-6-10(8-12(11)14)13(15)17-3/h6-8H,4-5,9H2,1-3H3. The second-order valence-electron chi connectivity index (χ2n) is 3.85. The number of hydrogen-bond donors (Lipinski definition) is 0. The number of hydrogen-bond acceptors (Lipinski definition) is 6. The summed E-state index contributed by atoms with van der Waals surface area (Å²) in [6, 6.07) is 4.89. The van der Waals surface area contributed by atoms with E-state index >= 15 is 0 Å². The first kappa shape index (κ1) is 18.3. The predicted molar refractivity (Wildman–Crippen MR) is 81.1 cm³/mol. The van der Waals surface area contributed by atoms with Gasteiger partial charge in [-0.1, -0.05) is 22.0 Å². The van der Waals surface area contributed by atoms with Crippen LogP contribution in [0.25, 0.3) is 0 Å². The first-order valence-corrected chi connectivity index (χ1v) is 8.61. The largest absolute Gasteiger partial charge is 0.475 e. The highest BCUT2D eigenvalue weighted by Crippen LogP contribution is 2.50. The van der Waals surface area contributed by atoms with Gasteiger partial charge in [0, 0.05) is 4.47 Å². The van der Waals surface area contributed by atoms with Gasteiger partial charge in [-0.15, -0.1) is 0 Å². The normalized spacial score (nSPS) is 11.4. The van der Waals surface area contributed by atoms with Crippen LogP contribution in [-0.2, 0) is 29.5 Å². The van der Waals surface area contributed by atoms with Gasteiger partial charge in [0.05, 0.1) is 32.5 Å². The van der Waals surface area contributed by atoms with E-state index in [2.05, 4.69) is 20.7 Å². The van der Waals surface area contributed by atoms with Crippen molar-refractivity contribution in [2.24, 2.45) is 0 Å². The Morgan fingerprint density at radius 1 is 1.19 bits per heavy atom. The summed E-state index contributed by atoms with van der Waals surface area (Å²) in [5, 5.41) is 0. The lowest BCUT2D eigenvalue weighted by atomic mass is 10.1. The lowest BCUT2D eigenvalue weighted by Gasteiger charge is -2.16. The summed E-state index contributed by atoms with van der Waals surface area (Å²) in [5.41, 5.74) is 1.12. The van der Waals surface area contributed by atoms with Crippen molar-refractivity contribution in [3.8, 4) is 0 Å². The highest BCUT2D eigenvalue weighted by Gasteiger charge is 2.25. The molecule has 0 heterocycles. The van der Waals surface area contributed by atoms with Crippen LogP contribution >= 0.6 is 23.8 Å². The molecule has 0 aliphatic carbocycles. The average molecular weight is 381 g/mol. The summed E-state index contributed by atoms with van der Waals surface area (Å²) in [4.78, 5) is 11.4. The summed E-state index contributed by atoms with van der Waals surface area (Å²) in [7, 11) is -2.24. The molecule has 0 spiro atoms. The number of halogens is 1. The molecule has 6 nitrogen and oxygen atoms in total. The first-order chi connectivity index (χ1) is 9.95. The summed E-state index contributed by atoms with van der Waals surface area (Å²) in [6.07, 6.45) is 0. The van der Waals surface area contributed by atoms with E-state index in [1.807, 2.05) is 0 Å². The van der Waals surface area contributed by atoms with Gasteiger partial charge in [-0.2, -0.15) is 0 Å². The summed E-state index contributed by atoms with van der Waals surface area (Å²) < 4.78 is 32.8. The first-order valence-electron chi connectivity index (χ1n) is 6.36. The van der Waals surface area contributed by atoms with Gasteiger partial charge < -0.3 is 4.74 Å². The third-order valence-electron chi connectivity index (χ3n) is 2.43. The van der Waals surface area contributed by atoms with Crippen LogP contribution in [0.5, 0.6) is 0 Å². The topological polar surface area (TPSA) is 71.1 Å². The fraction of sp³-hybridized carbons (Fsp3) is 0.462. The maximum Gasteiger partial charge on any atom is 0.475 e. The van der Waals surface area contributed by atoms with Crippen molar-refractivity contribution in [3.63, 3.8) is 0 Å². The second-order valence-corrected chi connectivity index (χ2v) is 6.38. The van der Waals surface area contributed by atoms with Crippen LogP contribution in [0.15, 0.2) is 22.7 Å². The van der Waals surface area contributed by atoms with E-state index in [1.165, 1.54) is 7.11 Å². The lowest BCUT2D eigenvalue weighted by Crippen LogP contribution is -2.03. The number of phosphoric ester groups is 1. The van der Waals surface area contributed by atoms with Crippen molar-refractivity contribution in [1.29, 1.82) is 0 Å². The molecule has 0 unspecified atom stereocenters. The number of benzene rings is 1. The van der Waals surface area contributed by atoms with Gasteiger partial charge in [-0.3, -0.25) is 13.6 Å². The molecular weight excluding hydrogens is 363 g/mol. The van der Waals surface area contributed by atoms with Crippen LogP contribution in [0, 0.1) is 0 Å². The fourth-order valence-corrected chi connectivity index (χ4v) is 3.13. The highest BCUT2D eigenvalue weighted by molar-refractivity contribution is 9.10. The van der Waals surface area contributed by atoms with Gasteiger partial charge in [0.1, 0.15) is 0 Å². The zero-order chi connectivity index (χ0) is 15.9. The molecule has 0 saturated heterocycles. The molecule has 0 aliphatic rings. The molecule has 0 aliphatic heterocycles. The minimum Gasteiger partial charge on any atom is -0.465 e. The van der Waals surface area contributed by atoms with Crippen LogP contribution in [0.2, 0.25) is 0 Å². The molecule has 21 heavy (non-hydrogen) atoms. The molecule has 1 rings (SSSR count). The Bertz CT molecular complexity index is 523. The molecule has 0 aromatic heterocycles. The van der Waals surface area contributed by atoms with E-state index in [-0.39, 0.29) is 19.8 Å². The molecule has 0 saturated carbocycles. The number of carbonyl (C=O) groups excluding carboxylic acids is 1. The molecular formula is C13H18BrO6P. The molecule has 8 heteroatoms. The number of esters is 1. The van der Waals surface area contributed by atoms with Gasteiger partial charge >= 0.3 is 13.8 Å². The Morgan fingerprint density at radius 2 is 1.81 bits per heavy atom. The van der Waals surface area contributed by atoms with Gasteiger partial charge in [0.2, 0.25) is 0 Å². The predicted octanol–water partition coefficient (Wildman–Crippen LogP) is 3.93. The third kappa shape index (κ3) is 5.52. The van der Waals surface area contributed by atoms with Crippen molar-refractivity contribution in [3.05, 3.63) is 33.8 Å². The molecule has 1 aromatic carbocycles. The van der Waals surface area contributed by atoms with Gasteiger partial charge in [0.25, 0.3) is 0 Å². The smallest absolute Gasteiger partial charge is 0.465 e. The lowest BCUT2D eigenvalue weighted by molar-refractivity contribution is 0.0600. The van der Waals surface area contributed by atoms with Gasteiger partial charge in [0.15, 0.2) is 0 Å². The van der Waals surface area contributed by atoms with Crippen molar-refractivity contribution < 1.29 is 27.7 Å². The number of rotatable bonds is 8. The molecule has 0 radical (unpaired) electrons. The summed E-state index contributed by atoms with van der Waals surface area (Å²) >= 11 is 3.33. The summed E-state index contributed by atoms with van der Waals surface area (Å²) in [5.74, 6) is -0.433. The van der Waals surface area contributed by atoms with E-state index in [0.29, 0.717) is 15.6 Å². The number of carbonyl (C=O) groups is 1. The highest BCUT2D eigenvalue weighted by atomic mass is 79.9. The third-order valence-corrected chi connectivity index (χ3v) is 4.76. The van der Waals surface area contributed by atoms with Crippen LogP contribution in [-0.4, -0.2) is 26.3 Å². The van der Waals surface area contributed by atoms with Crippen LogP contribution < -0.4 is 0 Å². The van der Waals surface area contributed by atoms with Crippen molar-refractivity contribution in [1.82, 2.24) is 0 Å². The molecule has 0 fully saturated rings. The average Bonchev–Trinajstić information content (AvgIpc) is 2.45. The van der Waals surface area contributed by atoms with Gasteiger partial charge in [-0.25, -0.2) is 9.36 Å². The maximum atomic E-state index is 12.2. The fourth-order valence-electron chi connectivity index (χ4n) is 1.49. The zero-order valence-electron chi connectivity index (χ0n) is 12.1. The molecule has 0 atom stereocenters. The monoisotopic (exact) mass is 380 g/mol. The van der Waals surface area contributed by atoms with Crippen LogP contribution in [0.4, 0.5) is 0 Å². The summed E-state index contributed by atoms with van der Waals surface area (Å²) in [6.45, 7) is 3.88. The minimum absolute atomic E-state index is 0.0271. The number of ether oxygens (including phenoxy) is 1. The van der Waals surface area contributed by atoms with E-state index in [1.54, 1.807) is 32.0 Å². The zero-order valence-corrected chi connectivity index (χ0v) is 14.6. The Labute approximate surface area is 132 Å². The molecule has 118 valence electrons. The molecule has 1 aromatic rings. The van der Waals surface area contributed by atoms with E-state index in [9.17, 15) is 9.36 Å². The van der Waals surface area contributed by atoms with Crippen molar-refractivity contribution in [2.45, 2.75) is 20.5 Å². The van der Waals surface area contributed by atoms with Gasteiger partial charge in [-0.05, 0) is 31.5 Å². The Kier molecular flexibility index (Phi) is 7.56. The SMILES string of the molecule is CCOP(=O)(OCC)OCc1ccc(C(=O)OC)cc1Br. The number of phosphoric acid groups is 1. The molecule has 0 N–H and O–H groups in total. The quantitative estimate of drug-likeness (QED) is 0.502. The molecule has 0 bridgehead atoms. The van der Waals surface area contributed by atoms with Crippen LogP contribution in [0.1, 0.15) is 29.8 Å². The van der Waals surface area contributed by atoms with Crippen LogP contribution in [0.3, 0.4) is 0 Å². The second kappa shape index (κ2) is 8.66. The van der Waals surface area contributed by atoms with E-state index in [0.717, 1.165) is 0 Å². The maximum absolute atomic E-state index is 12.2. The Balaban J connectivity index is 2.79. The van der Waals surface area contributed by atoms with Crippen molar-refractivity contribution >= 4 is 29.7 Å². The van der Waals surface area contributed by atoms with E-state index < -0.39 is 13.8 Å².